The highest BCUT2D eigenvalue weighted by atomic mass is 28.3. The summed E-state index contributed by atoms with van der Waals surface area (Å²) in [4.78, 5) is 26.3. The minimum absolute atomic E-state index is 0.0213. The highest BCUT2D eigenvalue weighted by molar-refractivity contribution is 6.76. The number of esters is 1. The number of pyridine rings is 1. The first-order valence-electron chi connectivity index (χ1n) is 10.6. The van der Waals surface area contributed by atoms with Gasteiger partial charge >= 0.3 is 12.0 Å². The second-order valence-corrected chi connectivity index (χ2v) is 14.3. The smallest absolute Gasteiger partial charge is 0.344 e. The molecule has 33 heavy (non-hydrogen) atoms. The lowest BCUT2D eigenvalue weighted by atomic mass is 10.0. The Morgan fingerprint density at radius 1 is 0.939 bits per heavy atom. The molecule has 0 aliphatic rings. The normalized spacial score (nSPS) is 11.1. The number of hydrogen-bond donors (Lipinski definition) is 0. The number of hydrogen-bond acceptors (Lipinski definition) is 8. The Kier molecular flexibility index (Phi) is 7.65. The Morgan fingerprint density at radius 2 is 1.58 bits per heavy atom. The summed E-state index contributed by atoms with van der Waals surface area (Å²) in [5.41, 5.74) is 2.12. The van der Waals surface area contributed by atoms with Crippen LogP contribution in [-0.2, 0) is 4.74 Å². The van der Waals surface area contributed by atoms with Crippen molar-refractivity contribution in [3.63, 3.8) is 0 Å². The molecule has 0 unspecified atom stereocenters. The zero-order valence-electron chi connectivity index (χ0n) is 19.8. The van der Waals surface area contributed by atoms with Crippen LogP contribution in [0, 0.1) is 6.92 Å². The molecular formula is C24H29N3O5Si. The lowest BCUT2D eigenvalue weighted by Gasteiger charge is -2.18. The Morgan fingerprint density at radius 3 is 2.15 bits per heavy atom. The van der Waals surface area contributed by atoms with Crippen molar-refractivity contribution in [1.29, 1.82) is 0 Å². The summed E-state index contributed by atoms with van der Waals surface area (Å²) in [6.45, 7) is 8.84. The van der Waals surface area contributed by atoms with E-state index in [1.807, 2.05) is 37.3 Å². The van der Waals surface area contributed by atoms with Gasteiger partial charge in [0.2, 0.25) is 11.8 Å². The molecule has 0 saturated heterocycles. The Balaban J connectivity index is 2.07. The van der Waals surface area contributed by atoms with Gasteiger partial charge in [0.25, 0.3) is 0 Å². The van der Waals surface area contributed by atoms with Gasteiger partial charge in [-0.1, -0.05) is 50.0 Å². The second kappa shape index (κ2) is 10.4. The molecular weight excluding hydrogens is 438 g/mol. The van der Waals surface area contributed by atoms with Crippen molar-refractivity contribution in [3.05, 3.63) is 53.7 Å². The molecule has 174 valence electrons. The molecule has 0 atom stereocenters. The van der Waals surface area contributed by atoms with Crippen molar-refractivity contribution in [2.45, 2.75) is 32.6 Å². The SMILES string of the molecule is COc1cc(OC)nc(Oc2cc(C)nc(-c3ccccc3)c2C(=O)OCC[Si](C)(C)C)n1. The molecule has 0 spiro atoms. The molecule has 0 amide bonds. The Hall–Kier alpha value is -3.46. The van der Waals surface area contributed by atoms with E-state index in [1.165, 1.54) is 20.3 Å². The Labute approximate surface area is 194 Å². The summed E-state index contributed by atoms with van der Waals surface area (Å²) < 4.78 is 22.1. The van der Waals surface area contributed by atoms with Crippen molar-refractivity contribution in [2.75, 3.05) is 20.8 Å². The van der Waals surface area contributed by atoms with Gasteiger partial charge in [0.1, 0.15) is 11.3 Å². The van der Waals surface area contributed by atoms with Crippen molar-refractivity contribution >= 4 is 14.0 Å². The summed E-state index contributed by atoms with van der Waals surface area (Å²) in [6, 6.07) is 13.5. The van der Waals surface area contributed by atoms with E-state index in [4.69, 9.17) is 18.9 Å². The van der Waals surface area contributed by atoms with E-state index in [9.17, 15) is 4.79 Å². The van der Waals surface area contributed by atoms with Crippen molar-refractivity contribution in [1.82, 2.24) is 15.0 Å². The predicted octanol–water partition coefficient (Wildman–Crippen LogP) is 5.15. The van der Waals surface area contributed by atoms with Crippen LogP contribution in [0.15, 0.2) is 42.5 Å². The molecule has 0 saturated carbocycles. The van der Waals surface area contributed by atoms with E-state index >= 15 is 0 Å². The van der Waals surface area contributed by atoms with Gasteiger partial charge in [-0.3, -0.25) is 4.98 Å². The van der Waals surface area contributed by atoms with Gasteiger partial charge in [-0.2, -0.15) is 9.97 Å². The van der Waals surface area contributed by atoms with Crippen LogP contribution in [0.4, 0.5) is 0 Å². The maximum Gasteiger partial charge on any atom is 0.344 e. The lowest BCUT2D eigenvalue weighted by molar-refractivity contribution is 0.0523. The maximum absolute atomic E-state index is 13.3. The summed E-state index contributed by atoms with van der Waals surface area (Å²) in [5, 5.41) is 0. The topological polar surface area (TPSA) is 92.7 Å². The number of rotatable bonds is 9. The quantitative estimate of drug-likeness (QED) is 0.315. The zero-order valence-corrected chi connectivity index (χ0v) is 20.8. The fraction of sp³-hybridized carbons (Fsp3) is 0.333. The first kappa shape index (κ1) is 24.2. The number of carbonyl (C=O) groups excluding carboxylic acids is 1. The average molecular weight is 468 g/mol. The number of nitrogens with zero attached hydrogens (tertiary/aromatic N) is 3. The average Bonchev–Trinajstić information content (AvgIpc) is 2.78. The zero-order chi connectivity index (χ0) is 24.0. The van der Waals surface area contributed by atoms with Crippen LogP contribution in [0.25, 0.3) is 11.3 Å². The van der Waals surface area contributed by atoms with Gasteiger partial charge in [0.15, 0.2) is 0 Å². The molecule has 0 radical (unpaired) electrons. The van der Waals surface area contributed by atoms with Crippen LogP contribution in [0.1, 0.15) is 16.1 Å². The van der Waals surface area contributed by atoms with Crippen molar-refractivity contribution in [2.24, 2.45) is 0 Å². The lowest BCUT2D eigenvalue weighted by Crippen LogP contribution is -2.23. The van der Waals surface area contributed by atoms with Crippen molar-refractivity contribution < 1.29 is 23.7 Å². The standard InChI is InChI=1S/C24H29N3O5Si/c1-16-14-18(32-24-26-19(29-2)15-20(27-24)30-3)21(23(28)31-12-13-33(4,5)6)22(25-16)17-10-8-7-9-11-17/h7-11,14-15H,12-13H2,1-6H3. The molecule has 8 nitrogen and oxygen atoms in total. The molecule has 2 heterocycles. The van der Waals surface area contributed by atoms with Crippen LogP contribution in [0.5, 0.6) is 23.5 Å². The van der Waals surface area contributed by atoms with E-state index in [0.29, 0.717) is 18.0 Å². The molecule has 1 aromatic carbocycles. The monoisotopic (exact) mass is 467 g/mol. The first-order valence-corrected chi connectivity index (χ1v) is 14.3. The molecule has 0 fully saturated rings. The van der Waals surface area contributed by atoms with Crippen LogP contribution >= 0.6 is 0 Å². The molecule has 2 aromatic heterocycles. The summed E-state index contributed by atoms with van der Waals surface area (Å²) >= 11 is 0. The number of carbonyl (C=O) groups is 1. The minimum Gasteiger partial charge on any atom is -0.481 e. The summed E-state index contributed by atoms with van der Waals surface area (Å²) in [5.74, 6) is 0.273. The van der Waals surface area contributed by atoms with Crippen LogP contribution in [0.3, 0.4) is 0 Å². The Bertz CT molecular complexity index is 1090. The maximum atomic E-state index is 13.3. The molecule has 3 aromatic rings. The van der Waals surface area contributed by atoms with Gasteiger partial charge < -0.3 is 18.9 Å². The molecule has 0 aliphatic carbocycles. The fourth-order valence-electron chi connectivity index (χ4n) is 2.98. The number of aryl methyl sites for hydroxylation is 1. The molecule has 9 heteroatoms. The largest absolute Gasteiger partial charge is 0.481 e. The van der Waals surface area contributed by atoms with E-state index in [0.717, 1.165) is 11.6 Å². The number of methoxy groups -OCH3 is 2. The van der Waals surface area contributed by atoms with Gasteiger partial charge in [-0.05, 0) is 13.0 Å². The minimum atomic E-state index is -1.38. The number of ether oxygens (including phenoxy) is 4. The molecule has 0 bridgehead atoms. The highest BCUT2D eigenvalue weighted by Gasteiger charge is 2.25. The number of aromatic nitrogens is 3. The van der Waals surface area contributed by atoms with E-state index in [1.54, 1.807) is 6.07 Å². The van der Waals surface area contributed by atoms with Crippen molar-refractivity contribution in [3.8, 4) is 34.8 Å². The van der Waals surface area contributed by atoms with Gasteiger partial charge in [0, 0.05) is 25.4 Å². The van der Waals surface area contributed by atoms with E-state index < -0.39 is 14.0 Å². The van der Waals surface area contributed by atoms with Crippen LogP contribution < -0.4 is 14.2 Å². The summed E-state index contributed by atoms with van der Waals surface area (Å²) in [7, 11) is 1.59. The van der Waals surface area contributed by atoms with E-state index in [-0.39, 0.29) is 29.1 Å². The molecule has 0 N–H and O–H groups in total. The third-order valence-electron chi connectivity index (χ3n) is 4.73. The van der Waals surface area contributed by atoms with Crippen LogP contribution in [0.2, 0.25) is 25.7 Å². The van der Waals surface area contributed by atoms with Crippen LogP contribution in [-0.4, -0.2) is 49.8 Å². The number of benzene rings is 1. The third kappa shape index (κ3) is 6.52. The molecule has 3 rings (SSSR count). The second-order valence-electron chi connectivity index (χ2n) is 8.64. The van der Waals surface area contributed by atoms with Gasteiger partial charge in [-0.15, -0.1) is 0 Å². The highest BCUT2D eigenvalue weighted by Crippen LogP contribution is 2.34. The third-order valence-corrected chi connectivity index (χ3v) is 6.43. The van der Waals surface area contributed by atoms with Gasteiger partial charge in [-0.25, -0.2) is 4.79 Å². The fourth-order valence-corrected chi connectivity index (χ4v) is 3.70. The van der Waals surface area contributed by atoms with E-state index in [2.05, 4.69) is 34.6 Å². The summed E-state index contributed by atoms with van der Waals surface area (Å²) in [6.07, 6.45) is 0. The van der Waals surface area contributed by atoms with Gasteiger partial charge in [0.05, 0.1) is 32.6 Å². The first-order chi connectivity index (χ1) is 15.7. The molecule has 0 aliphatic heterocycles. The predicted molar refractivity (Wildman–Crippen MR) is 128 cm³/mol.